The molecule has 5 heteroatoms. The lowest BCUT2D eigenvalue weighted by Gasteiger charge is -2.22. The fourth-order valence-corrected chi connectivity index (χ4v) is 1.86. The average Bonchev–Trinajstić information content (AvgIpc) is 2.22. The first kappa shape index (κ1) is 18.9. The van der Waals surface area contributed by atoms with Gasteiger partial charge in [-0.3, -0.25) is 9.59 Å². The van der Waals surface area contributed by atoms with Gasteiger partial charge in [0.15, 0.2) is 0 Å². The van der Waals surface area contributed by atoms with Crippen LogP contribution in [0.2, 0.25) is 0 Å². The zero-order valence-electron chi connectivity index (χ0n) is 13.6. The summed E-state index contributed by atoms with van der Waals surface area (Å²) < 4.78 is 9.99. The van der Waals surface area contributed by atoms with Gasteiger partial charge in [-0.1, -0.05) is 6.42 Å². The molecule has 1 unspecified atom stereocenters. The molecular weight excluding hydrogens is 258 g/mol. The molecule has 0 aromatic carbocycles. The van der Waals surface area contributed by atoms with Gasteiger partial charge in [0.25, 0.3) is 0 Å². The first-order valence-electron chi connectivity index (χ1n) is 7.03. The van der Waals surface area contributed by atoms with Crippen molar-refractivity contribution in [3.63, 3.8) is 0 Å². The van der Waals surface area contributed by atoms with Crippen molar-refractivity contribution < 1.29 is 19.1 Å². The molecule has 0 aliphatic rings. The largest absolute Gasteiger partial charge is 0.469 e. The van der Waals surface area contributed by atoms with E-state index in [4.69, 9.17) is 15.2 Å². The topological polar surface area (TPSA) is 78.6 Å². The Labute approximate surface area is 122 Å². The second-order valence-electron chi connectivity index (χ2n) is 6.89. The van der Waals surface area contributed by atoms with Crippen molar-refractivity contribution in [1.82, 2.24) is 0 Å². The van der Waals surface area contributed by atoms with Crippen LogP contribution < -0.4 is 5.73 Å². The third-order valence-electron chi connectivity index (χ3n) is 2.74. The minimum absolute atomic E-state index is 0.0505. The van der Waals surface area contributed by atoms with Crippen LogP contribution in [0.4, 0.5) is 0 Å². The van der Waals surface area contributed by atoms with Crippen molar-refractivity contribution in [2.24, 2.45) is 11.7 Å². The van der Waals surface area contributed by atoms with Gasteiger partial charge in [-0.25, -0.2) is 0 Å². The molecule has 118 valence electrons. The zero-order valence-corrected chi connectivity index (χ0v) is 13.6. The molecule has 0 aromatic heterocycles. The summed E-state index contributed by atoms with van der Waals surface area (Å²) in [7, 11) is 1.33. The van der Waals surface area contributed by atoms with Crippen LogP contribution in [0.15, 0.2) is 0 Å². The van der Waals surface area contributed by atoms with Crippen LogP contribution in [0.3, 0.4) is 0 Å². The summed E-state index contributed by atoms with van der Waals surface area (Å²) in [6.07, 6.45) is 2.18. The fraction of sp³-hybridized carbons (Fsp3) is 0.867. The van der Waals surface area contributed by atoms with Crippen LogP contribution in [0, 0.1) is 5.92 Å². The molecule has 0 aliphatic carbocycles. The SMILES string of the molecule is COC(=O)C(CCCC(C)(C)N)CC(=O)OC(C)(C)C. The summed E-state index contributed by atoms with van der Waals surface area (Å²) in [5.41, 5.74) is 5.09. The highest BCUT2D eigenvalue weighted by Gasteiger charge is 2.26. The maximum atomic E-state index is 11.8. The van der Waals surface area contributed by atoms with Crippen molar-refractivity contribution in [3.05, 3.63) is 0 Å². The molecule has 0 heterocycles. The first-order chi connectivity index (χ1) is 8.94. The lowest BCUT2D eigenvalue weighted by molar-refractivity contribution is -0.160. The van der Waals surface area contributed by atoms with E-state index >= 15 is 0 Å². The van der Waals surface area contributed by atoms with Gasteiger partial charge in [-0.05, 0) is 47.5 Å². The molecule has 0 rings (SSSR count). The van der Waals surface area contributed by atoms with Gasteiger partial charge < -0.3 is 15.2 Å². The molecule has 0 fully saturated rings. The number of carbonyl (C=O) groups excluding carboxylic acids is 2. The Morgan fingerprint density at radius 3 is 2.10 bits per heavy atom. The molecule has 2 N–H and O–H groups in total. The minimum Gasteiger partial charge on any atom is -0.469 e. The summed E-state index contributed by atoms with van der Waals surface area (Å²) in [5.74, 6) is -1.21. The number of rotatable bonds is 7. The third kappa shape index (κ3) is 9.78. The van der Waals surface area contributed by atoms with Gasteiger partial charge in [-0.2, -0.15) is 0 Å². The van der Waals surface area contributed by atoms with Gasteiger partial charge in [0.2, 0.25) is 0 Å². The van der Waals surface area contributed by atoms with Crippen LogP contribution in [0.5, 0.6) is 0 Å². The number of methoxy groups -OCH3 is 1. The average molecular weight is 287 g/mol. The quantitative estimate of drug-likeness (QED) is 0.727. The third-order valence-corrected chi connectivity index (χ3v) is 2.74. The Balaban J connectivity index is 4.43. The van der Waals surface area contributed by atoms with Crippen LogP contribution in [0.25, 0.3) is 0 Å². The Hall–Kier alpha value is -1.10. The maximum absolute atomic E-state index is 11.8. The van der Waals surface area contributed by atoms with E-state index in [1.54, 1.807) is 20.8 Å². The highest BCUT2D eigenvalue weighted by Crippen LogP contribution is 2.20. The van der Waals surface area contributed by atoms with Gasteiger partial charge in [0, 0.05) is 5.54 Å². The van der Waals surface area contributed by atoms with E-state index in [1.165, 1.54) is 7.11 Å². The van der Waals surface area contributed by atoms with Gasteiger partial charge >= 0.3 is 11.9 Å². The fourth-order valence-electron chi connectivity index (χ4n) is 1.86. The molecule has 0 saturated carbocycles. The predicted molar refractivity (Wildman–Crippen MR) is 78.1 cm³/mol. The van der Waals surface area contributed by atoms with E-state index in [2.05, 4.69) is 0 Å². The van der Waals surface area contributed by atoms with Crippen molar-refractivity contribution in [2.75, 3.05) is 7.11 Å². The van der Waals surface area contributed by atoms with E-state index < -0.39 is 11.5 Å². The van der Waals surface area contributed by atoms with E-state index in [1.807, 2.05) is 13.8 Å². The first-order valence-corrected chi connectivity index (χ1v) is 7.03. The number of hydrogen-bond donors (Lipinski definition) is 1. The molecule has 5 nitrogen and oxygen atoms in total. The van der Waals surface area contributed by atoms with E-state index in [-0.39, 0.29) is 23.9 Å². The molecule has 0 radical (unpaired) electrons. The van der Waals surface area contributed by atoms with Crippen LogP contribution in [-0.2, 0) is 19.1 Å². The molecule has 0 bridgehead atoms. The monoisotopic (exact) mass is 287 g/mol. The summed E-state index contributed by atoms with van der Waals surface area (Å²) >= 11 is 0. The van der Waals surface area contributed by atoms with Crippen molar-refractivity contribution in [1.29, 1.82) is 0 Å². The zero-order chi connectivity index (χ0) is 16.0. The minimum atomic E-state index is -0.545. The lowest BCUT2D eigenvalue weighted by atomic mass is 9.92. The molecule has 0 saturated heterocycles. The molecular formula is C15H29NO4. The Morgan fingerprint density at radius 1 is 1.15 bits per heavy atom. The molecule has 0 aromatic rings. The van der Waals surface area contributed by atoms with E-state index in [9.17, 15) is 9.59 Å². The summed E-state index contributed by atoms with van der Waals surface area (Å²) in [6, 6.07) is 0. The molecule has 0 aliphatic heterocycles. The number of nitrogens with two attached hydrogens (primary N) is 1. The second-order valence-corrected chi connectivity index (χ2v) is 6.89. The molecule has 0 spiro atoms. The van der Waals surface area contributed by atoms with E-state index in [0.29, 0.717) is 6.42 Å². The predicted octanol–water partition coefficient (Wildman–Crippen LogP) is 2.42. The molecule has 1 atom stereocenters. The number of carbonyl (C=O) groups is 2. The van der Waals surface area contributed by atoms with Crippen molar-refractivity contribution in [2.45, 2.75) is 71.4 Å². The number of ether oxygens (including phenoxy) is 2. The Morgan fingerprint density at radius 2 is 1.70 bits per heavy atom. The van der Waals surface area contributed by atoms with E-state index in [0.717, 1.165) is 12.8 Å². The normalized spacial score (nSPS) is 13.8. The Bertz CT molecular complexity index is 326. The second kappa shape index (κ2) is 7.62. The highest BCUT2D eigenvalue weighted by molar-refractivity contribution is 5.80. The molecule has 0 amide bonds. The number of esters is 2. The van der Waals surface area contributed by atoms with Crippen LogP contribution >= 0.6 is 0 Å². The van der Waals surface area contributed by atoms with Crippen molar-refractivity contribution in [3.8, 4) is 0 Å². The van der Waals surface area contributed by atoms with Gasteiger partial charge in [0.1, 0.15) is 5.60 Å². The standard InChI is InChI=1S/C15H29NO4/c1-14(2,3)20-12(17)10-11(13(18)19-6)8-7-9-15(4,5)16/h11H,7-10,16H2,1-6H3. The smallest absolute Gasteiger partial charge is 0.309 e. The Kier molecular flexibility index (Phi) is 7.20. The van der Waals surface area contributed by atoms with Gasteiger partial charge in [-0.15, -0.1) is 0 Å². The van der Waals surface area contributed by atoms with Crippen LogP contribution in [-0.4, -0.2) is 30.2 Å². The van der Waals surface area contributed by atoms with Crippen LogP contribution in [0.1, 0.15) is 60.3 Å². The van der Waals surface area contributed by atoms with Crippen molar-refractivity contribution >= 4 is 11.9 Å². The maximum Gasteiger partial charge on any atom is 0.309 e. The number of hydrogen-bond acceptors (Lipinski definition) is 5. The summed E-state index contributed by atoms with van der Waals surface area (Å²) in [4.78, 5) is 23.5. The summed E-state index contributed by atoms with van der Waals surface area (Å²) in [5, 5.41) is 0. The summed E-state index contributed by atoms with van der Waals surface area (Å²) in [6.45, 7) is 9.28. The van der Waals surface area contributed by atoms with Gasteiger partial charge in [0.05, 0.1) is 19.4 Å². The highest BCUT2D eigenvalue weighted by atomic mass is 16.6. The lowest BCUT2D eigenvalue weighted by Crippen LogP contribution is -2.32. The molecule has 20 heavy (non-hydrogen) atoms.